The third-order valence-corrected chi connectivity index (χ3v) is 11.5. The summed E-state index contributed by atoms with van der Waals surface area (Å²) in [7, 11) is 0. The molecule has 5 atom stereocenters. The van der Waals surface area contributed by atoms with Crippen LogP contribution in [0.25, 0.3) is 0 Å². The number of piperidine rings is 2. The molecule has 0 saturated carbocycles. The molecule has 9 heteroatoms. The highest BCUT2D eigenvalue weighted by Crippen LogP contribution is 2.60. The Morgan fingerprint density at radius 2 is 1.47 bits per heavy atom. The number of nitrogens with one attached hydrogen (secondary N) is 1. The van der Waals surface area contributed by atoms with Crippen molar-refractivity contribution in [3.63, 3.8) is 0 Å². The van der Waals surface area contributed by atoms with Crippen LogP contribution in [0.15, 0.2) is 84.9 Å². The lowest BCUT2D eigenvalue weighted by Gasteiger charge is -2.59. The van der Waals surface area contributed by atoms with E-state index in [1.807, 2.05) is 19.1 Å². The van der Waals surface area contributed by atoms with Crippen LogP contribution in [0.1, 0.15) is 76.0 Å². The van der Waals surface area contributed by atoms with Gasteiger partial charge in [-0.05, 0) is 81.8 Å². The minimum atomic E-state index is -1.53. The van der Waals surface area contributed by atoms with E-state index in [0.29, 0.717) is 18.5 Å². The van der Waals surface area contributed by atoms with Crippen LogP contribution in [0.5, 0.6) is 0 Å². The van der Waals surface area contributed by atoms with Crippen LogP contribution in [-0.2, 0) is 15.0 Å². The van der Waals surface area contributed by atoms with Gasteiger partial charge in [-0.2, -0.15) is 0 Å². The molecule has 2 heterocycles. The zero-order valence-corrected chi connectivity index (χ0v) is 27.8. The first-order valence-electron chi connectivity index (χ1n) is 16.7. The Bertz CT molecular complexity index is 1530. The Balaban J connectivity index is 1.46. The fraction of sp³-hybridized carbons (Fsp3) is 0.474. The van der Waals surface area contributed by atoms with Gasteiger partial charge in [0.2, 0.25) is 0 Å². The van der Waals surface area contributed by atoms with Crippen LogP contribution in [-0.4, -0.2) is 63.7 Å². The molecule has 3 aromatic carbocycles. The fourth-order valence-electron chi connectivity index (χ4n) is 9.16. The lowest BCUT2D eigenvalue weighted by Crippen LogP contribution is -2.71. The smallest absolute Gasteiger partial charge is 0.312 e. The van der Waals surface area contributed by atoms with E-state index in [-0.39, 0.29) is 17.5 Å². The molecule has 0 amide bonds. The molecule has 2 aliphatic heterocycles. The number of aliphatic carboxylic acids is 2. The number of nitro groups is 1. The molecule has 47 heavy (non-hydrogen) atoms. The van der Waals surface area contributed by atoms with Crippen molar-refractivity contribution in [2.45, 2.75) is 76.8 Å². The highest BCUT2D eigenvalue weighted by atomic mass is 16.6. The monoisotopic (exact) mass is 641 g/mol. The summed E-state index contributed by atoms with van der Waals surface area (Å²) in [6, 6.07) is 26.0. The van der Waals surface area contributed by atoms with E-state index in [4.69, 9.17) is 0 Å². The van der Waals surface area contributed by atoms with Crippen LogP contribution in [0.4, 0.5) is 5.69 Å². The third kappa shape index (κ3) is 5.84. The van der Waals surface area contributed by atoms with Gasteiger partial charge in [0.1, 0.15) is 0 Å². The molecular formula is C38H47N3O6. The molecule has 9 nitrogen and oxygen atoms in total. The number of carboxylic acids is 2. The minimum absolute atomic E-state index is 0.106. The van der Waals surface area contributed by atoms with Crippen LogP contribution in [0.3, 0.4) is 0 Å². The van der Waals surface area contributed by atoms with Gasteiger partial charge in [0.25, 0.3) is 5.69 Å². The number of hydrogen-bond acceptors (Lipinski definition) is 6. The lowest BCUT2D eigenvalue weighted by molar-refractivity contribution is -0.385. The molecule has 0 bridgehead atoms. The molecule has 0 radical (unpaired) electrons. The molecule has 2 saturated heterocycles. The van der Waals surface area contributed by atoms with E-state index in [1.54, 1.807) is 26.8 Å². The quantitative estimate of drug-likeness (QED) is 0.155. The highest BCUT2D eigenvalue weighted by molar-refractivity contribution is 5.84. The normalized spacial score (nSPS) is 27.7. The van der Waals surface area contributed by atoms with E-state index < -0.39 is 51.6 Å². The fourth-order valence-corrected chi connectivity index (χ4v) is 9.16. The Labute approximate surface area is 277 Å². The van der Waals surface area contributed by atoms with Gasteiger partial charge in [-0.1, -0.05) is 86.6 Å². The first-order chi connectivity index (χ1) is 22.4. The summed E-state index contributed by atoms with van der Waals surface area (Å²) in [6.07, 6.45) is 2.60. The summed E-state index contributed by atoms with van der Waals surface area (Å²) in [6.45, 7) is 9.57. The van der Waals surface area contributed by atoms with Crippen molar-refractivity contribution < 1.29 is 24.7 Å². The Morgan fingerprint density at radius 3 is 1.96 bits per heavy atom. The maximum Gasteiger partial charge on any atom is 0.312 e. The van der Waals surface area contributed by atoms with Crippen molar-refractivity contribution in [1.82, 2.24) is 10.2 Å². The Kier molecular flexibility index (Phi) is 9.89. The maximum absolute atomic E-state index is 13.6. The van der Waals surface area contributed by atoms with Gasteiger partial charge in [0, 0.05) is 35.5 Å². The van der Waals surface area contributed by atoms with Crippen molar-refractivity contribution in [2.75, 3.05) is 19.6 Å². The average molecular weight is 642 g/mol. The van der Waals surface area contributed by atoms with Gasteiger partial charge < -0.3 is 20.4 Å². The van der Waals surface area contributed by atoms with Crippen molar-refractivity contribution in [1.29, 1.82) is 0 Å². The van der Waals surface area contributed by atoms with Gasteiger partial charge in [0.15, 0.2) is 0 Å². The SMILES string of the molecule is CC1NC(C)C(C(=O)O)(C(C)C)C(c2cccc([N+](=O)[O-])c2)C1(CCCN1CCC(c2ccccc2)(c2ccccc2)CC1)C(=O)O. The summed E-state index contributed by atoms with van der Waals surface area (Å²) in [4.78, 5) is 40.7. The Hall–Kier alpha value is -4.08. The number of carbonyl (C=O) groups is 2. The second-order valence-electron chi connectivity index (χ2n) is 13.9. The predicted molar refractivity (Wildman–Crippen MR) is 181 cm³/mol. The predicted octanol–water partition coefficient (Wildman–Crippen LogP) is 6.72. The number of rotatable bonds is 11. The van der Waals surface area contributed by atoms with Gasteiger partial charge in [0.05, 0.1) is 15.8 Å². The molecule has 5 unspecified atom stereocenters. The zero-order chi connectivity index (χ0) is 34.0. The molecule has 2 fully saturated rings. The summed E-state index contributed by atoms with van der Waals surface area (Å²) in [5.41, 5.74) is -0.377. The second kappa shape index (κ2) is 13.6. The van der Waals surface area contributed by atoms with E-state index in [1.165, 1.54) is 29.3 Å². The van der Waals surface area contributed by atoms with Crippen LogP contribution < -0.4 is 5.32 Å². The molecule has 2 aliphatic rings. The topological polar surface area (TPSA) is 133 Å². The molecule has 5 rings (SSSR count). The van der Waals surface area contributed by atoms with E-state index in [2.05, 4.69) is 58.7 Å². The number of hydrogen-bond donors (Lipinski definition) is 3. The van der Waals surface area contributed by atoms with Crippen LogP contribution in [0.2, 0.25) is 0 Å². The van der Waals surface area contributed by atoms with E-state index in [9.17, 15) is 29.9 Å². The number of likely N-dealkylation sites (tertiary alicyclic amines) is 1. The number of nitrogens with zero attached hydrogens (tertiary/aromatic N) is 2. The maximum atomic E-state index is 13.6. The van der Waals surface area contributed by atoms with Gasteiger partial charge in [-0.25, -0.2) is 0 Å². The molecule has 250 valence electrons. The lowest BCUT2D eigenvalue weighted by atomic mass is 9.47. The Morgan fingerprint density at radius 1 is 0.894 bits per heavy atom. The van der Waals surface area contributed by atoms with E-state index >= 15 is 0 Å². The van der Waals surface area contributed by atoms with E-state index in [0.717, 1.165) is 25.9 Å². The number of non-ortho nitro benzene ring substituents is 1. The third-order valence-electron chi connectivity index (χ3n) is 11.5. The summed E-state index contributed by atoms with van der Waals surface area (Å²) >= 11 is 0. The molecule has 0 aliphatic carbocycles. The van der Waals surface area contributed by atoms with Crippen molar-refractivity contribution in [3.8, 4) is 0 Å². The van der Waals surface area contributed by atoms with Gasteiger partial charge in [-0.15, -0.1) is 0 Å². The first-order valence-corrected chi connectivity index (χ1v) is 16.7. The van der Waals surface area contributed by atoms with Crippen molar-refractivity contribution in [3.05, 3.63) is 112 Å². The summed E-state index contributed by atoms with van der Waals surface area (Å²) in [5, 5.41) is 37.2. The summed E-state index contributed by atoms with van der Waals surface area (Å²) in [5.74, 6) is -3.67. The summed E-state index contributed by atoms with van der Waals surface area (Å²) < 4.78 is 0. The number of carboxylic acid groups (broad SMARTS) is 2. The zero-order valence-electron chi connectivity index (χ0n) is 27.8. The van der Waals surface area contributed by atoms with Gasteiger partial charge in [-0.3, -0.25) is 19.7 Å². The van der Waals surface area contributed by atoms with Crippen molar-refractivity contribution in [2.24, 2.45) is 16.7 Å². The molecule has 0 aromatic heterocycles. The minimum Gasteiger partial charge on any atom is -0.481 e. The molecule has 0 spiro atoms. The van der Waals surface area contributed by atoms with Gasteiger partial charge >= 0.3 is 11.9 Å². The molecule has 3 aromatic rings. The largest absolute Gasteiger partial charge is 0.481 e. The standard InChI is InChI=1S/C38H47N3O6/c1-26(2)38(35(44)45)28(4)39-27(3)37(34(42)43,33(38)29-13-11-18-32(25-29)41(46)47)19-12-22-40-23-20-36(21-24-40,30-14-7-5-8-15-30)31-16-9-6-10-17-31/h5-11,13-18,25-28,33,39H,12,19-24H2,1-4H3,(H,42,43)(H,44,45). The average Bonchev–Trinajstić information content (AvgIpc) is 3.06. The first kappa shape index (κ1) is 34.3. The van der Waals surface area contributed by atoms with Crippen LogP contribution in [0, 0.1) is 26.9 Å². The number of nitro benzene ring substituents is 1. The van der Waals surface area contributed by atoms with Crippen molar-refractivity contribution >= 4 is 17.6 Å². The van der Waals surface area contributed by atoms with Crippen LogP contribution >= 0.6 is 0 Å². The second-order valence-corrected chi connectivity index (χ2v) is 13.9. The molecular weight excluding hydrogens is 594 g/mol. The highest BCUT2D eigenvalue weighted by Gasteiger charge is 2.67. The molecule has 3 N–H and O–H groups in total. The number of benzene rings is 3.